The molecule has 2 aliphatic rings. The van der Waals surface area contributed by atoms with Gasteiger partial charge in [-0.15, -0.1) is 0 Å². The molecule has 4 nitrogen and oxygen atoms in total. The van der Waals surface area contributed by atoms with E-state index < -0.39 is 0 Å². The zero-order valence-electron chi connectivity index (χ0n) is 11.1. The van der Waals surface area contributed by atoms with Gasteiger partial charge in [0.25, 0.3) is 0 Å². The van der Waals surface area contributed by atoms with Gasteiger partial charge in [0.05, 0.1) is 12.1 Å². The number of pyridine rings is 1. The second-order valence-corrected chi connectivity index (χ2v) is 6.44. The highest BCUT2D eigenvalue weighted by molar-refractivity contribution is 14.1. The fourth-order valence-corrected chi connectivity index (χ4v) is 3.65. The number of carbonyl (C=O) groups is 1. The summed E-state index contributed by atoms with van der Waals surface area (Å²) in [5.41, 5.74) is 0. The summed E-state index contributed by atoms with van der Waals surface area (Å²) in [4.78, 5) is 21.0. The zero-order chi connectivity index (χ0) is 13.4. The average molecular weight is 371 g/mol. The Kier molecular flexibility index (Phi) is 3.64. The average Bonchev–Trinajstić information content (AvgIpc) is 2.71. The Morgan fingerprint density at radius 3 is 2.68 bits per heavy atom. The second kappa shape index (κ2) is 5.26. The Morgan fingerprint density at radius 2 is 2.05 bits per heavy atom. The molecule has 0 radical (unpaired) electrons. The number of carbonyl (C=O) groups excluding carboxylic acids is 1. The fourth-order valence-electron chi connectivity index (χ4n) is 3.33. The maximum atomic E-state index is 12.6. The van der Waals surface area contributed by atoms with Crippen molar-refractivity contribution in [3.05, 3.63) is 21.9 Å². The third-order valence-electron chi connectivity index (χ3n) is 4.18. The molecule has 5 heteroatoms. The van der Waals surface area contributed by atoms with Crippen molar-refractivity contribution in [1.29, 1.82) is 0 Å². The maximum Gasteiger partial charge on any atom is 0.326 e. The van der Waals surface area contributed by atoms with E-state index in [9.17, 15) is 4.79 Å². The molecule has 19 heavy (non-hydrogen) atoms. The highest BCUT2D eigenvalue weighted by Crippen LogP contribution is 2.36. The second-order valence-electron chi connectivity index (χ2n) is 5.19. The summed E-state index contributed by atoms with van der Waals surface area (Å²) < 4.78 is 1.10. The summed E-state index contributed by atoms with van der Waals surface area (Å²) in [6.07, 6.45) is 6.51. The highest BCUT2D eigenvalue weighted by Gasteiger charge is 2.46. The molecule has 2 heterocycles. The van der Waals surface area contributed by atoms with Gasteiger partial charge < -0.3 is 4.90 Å². The smallest absolute Gasteiger partial charge is 0.320 e. The van der Waals surface area contributed by atoms with Crippen LogP contribution in [0.3, 0.4) is 0 Å². The first-order valence-corrected chi connectivity index (χ1v) is 8.01. The summed E-state index contributed by atoms with van der Waals surface area (Å²) in [6, 6.07) is 4.81. The predicted octanol–water partition coefficient (Wildman–Crippen LogP) is 3.26. The largest absolute Gasteiger partial charge is 0.326 e. The molecule has 2 atom stereocenters. The molecule has 1 saturated heterocycles. The molecule has 0 aromatic carbocycles. The van der Waals surface area contributed by atoms with Gasteiger partial charge in [-0.05, 0) is 54.5 Å². The number of fused-ring (bicyclic) bond motifs is 1. The molecule has 2 amide bonds. The van der Waals surface area contributed by atoms with Crippen LogP contribution in [0.5, 0.6) is 0 Å². The van der Waals surface area contributed by atoms with Gasteiger partial charge in [-0.3, -0.25) is 4.90 Å². The van der Waals surface area contributed by atoms with E-state index in [1.54, 1.807) is 0 Å². The number of anilines is 1. The van der Waals surface area contributed by atoms with Crippen LogP contribution >= 0.6 is 22.6 Å². The number of rotatable bonds is 2. The monoisotopic (exact) mass is 371 g/mol. The van der Waals surface area contributed by atoms with Gasteiger partial charge in [0.15, 0.2) is 0 Å². The number of urea groups is 1. The Morgan fingerprint density at radius 1 is 1.32 bits per heavy atom. The topological polar surface area (TPSA) is 36.4 Å². The summed E-state index contributed by atoms with van der Waals surface area (Å²) in [5.74, 6) is 0.804. The van der Waals surface area contributed by atoms with Crippen molar-refractivity contribution in [1.82, 2.24) is 9.88 Å². The van der Waals surface area contributed by atoms with Gasteiger partial charge in [0.2, 0.25) is 0 Å². The van der Waals surface area contributed by atoms with E-state index in [1.165, 1.54) is 12.8 Å². The van der Waals surface area contributed by atoms with Crippen LogP contribution in [0.15, 0.2) is 18.3 Å². The lowest BCUT2D eigenvalue weighted by molar-refractivity contribution is 0.195. The molecule has 1 aromatic heterocycles. The van der Waals surface area contributed by atoms with Crippen LogP contribution in [0.1, 0.15) is 32.6 Å². The van der Waals surface area contributed by atoms with Crippen LogP contribution in [0, 0.1) is 3.57 Å². The van der Waals surface area contributed by atoms with Crippen molar-refractivity contribution in [2.45, 2.75) is 44.7 Å². The first-order chi connectivity index (χ1) is 9.22. The van der Waals surface area contributed by atoms with Crippen molar-refractivity contribution in [2.75, 3.05) is 11.4 Å². The summed E-state index contributed by atoms with van der Waals surface area (Å²) in [5, 5.41) is 0. The SMILES string of the molecule is CCN1C(=O)N(c2ccc(I)cn2)[C@H]2CCCC[C@H]21. The molecular weight excluding hydrogens is 353 g/mol. The van der Waals surface area contributed by atoms with Crippen molar-refractivity contribution < 1.29 is 4.79 Å². The predicted molar refractivity (Wildman–Crippen MR) is 83.3 cm³/mol. The fraction of sp³-hybridized carbons (Fsp3) is 0.571. The van der Waals surface area contributed by atoms with Crippen LogP contribution in [-0.2, 0) is 0 Å². The van der Waals surface area contributed by atoms with E-state index in [0.29, 0.717) is 12.1 Å². The van der Waals surface area contributed by atoms with Gasteiger partial charge in [-0.1, -0.05) is 12.8 Å². The molecule has 3 rings (SSSR count). The number of halogens is 1. The first kappa shape index (κ1) is 13.1. The van der Waals surface area contributed by atoms with Gasteiger partial charge in [0, 0.05) is 16.3 Å². The van der Waals surface area contributed by atoms with Gasteiger partial charge in [-0.25, -0.2) is 9.78 Å². The minimum Gasteiger partial charge on any atom is -0.320 e. The van der Waals surface area contributed by atoms with Crippen LogP contribution in [-0.4, -0.2) is 34.5 Å². The molecule has 1 aromatic rings. The van der Waals surface area contributed by atoms with Crippen LogP contribution in [0.4, 0.5) is 10.6 Å². The molecule has 1 saturated carbocycles. The Labute approximate surface area is 127 Å². The number of likely N-dealkylation sites (N-methyl/N-ethyl adjacent to an activating group) is 1. The van der Waals surface area contributed by atoms with Crippen molar-refractivity contribution in [3.8, 4) is 0 Å². The lowest BCUT2D eigenvalue weighted by Crippen LogP contribution is -2.40. The van der Waals surface area contributed by atoms with E-state index in [2.05, 4.69) is 34.5 Å². The van der Waals surface area contributed by atoms with Crippen LogP contribution < -0.4 is 4.90 Å². The van der Waals surface area contributed by atoms with E-state index in [0.717, 1.165) is 28.8 Å². The number of nitrogens with zero attached hydrogens (tertiary/aromatic N) is 3. The molecule has 1 aliphatic heterocycles. The van der Waals surface area contributed by atoms with Crippen molar-refractivity contribution in [2.24, 2.45) is 0 Å². The summed E-state index contributed by atoms with van der Waals surface area (Å²) in [6.45, 7) is 2.86. The van der Waals surface area contributed by atoms with Crippen molar-refractivity contribution >= 4 is 34.4 Å². The summed E-state index contributed by atoms with van der Waals surface area (Å²) >= 11 is 2.24. The minimum atomic E-state index is 0.133. The first-order valence-electron chi connectivity index (χ1n) is 6.93. The lowest BCUT2D eigenvalue weighted by Gasteiger charge is -2.31. The molecular formula is C14H18IN3O. The standard InChI is InChI=1S/C14H18IN3O/c1-2-17-11-5-3-4-6-12(11)18(14(17)19)13-8-7-10(15)9-16-13/h7-9,11-12H,2-6H2,1H3/t11-,12+/m1/s1. The Bertz CT molecular complexity index is 476. The van der Waals surface area contributed by atoms with E-state index in [1.807, 2.05) is 28.1 Å². The van der Waals surface area contributed by atoms with E-state index in [4.69, 9.17) is 0 Å². The van der Waals surface area contributed by atoms with Gasteiger partial charge >= 0.3 is 6.03 Å². The number of hydrogen-bond acceptors (Lipinski definition) is 2. The number of aromatic nitrogens is 1. The Hall–Kier alpha value is -0.850. The summed E-state index contributed by atoms with van der Waals surface area (Å²) in [7, 11) is 0. The molecule has 0 N–H and O–H groups in total. The number of hydrogen-bond donors (Lipinski definition) is 0. The van der Waals surface area contributed by atoms with Gasteiger partial charge in [0.1, 0.15) is 5.82 Å². The molecule has 0 unspecified atom stereocenters. The molecule has 102 valence electrons. The molecule has 1 aliphatic carbocycles. The third-order valence-corrected chi connectivity index (χ3v) is 4.82. The Balaban J connectivity index is 1.95. The normalized spacial score (nSPS) is 26.7. The zero-order valence-corrected chi connectivity index (χ0v) is 13.2. The van der Waals surface area contributed by atoms with E-state index in [-0.39, 0.29) is 6.03 Å². The third kappa shape index (κ3) is 2.22. The van der Waals surface area contributed by atoms with Crippen LogP contribution in [0.25, 0.3) is 0 Å². The highest BCUT2D eigenvalue weighted by atomic mass is 127. The van der Waals surface area contributed by atoms with Crippen molar-refractivity contribution in [3.63, 3.8) is 0 Å². The van der Waals surface area contributed by atoms with Gasteiger partial charge in [-0.2, -0.15) is 0 Å². The van der Waals surface area contributed by atoms with Crippen LogP contribution in [0.2, 0.25) is 0 Å². The minimum absolute atomic E-state index is 0.133. The number of amides is 2. The molecule has 0 bridgehead atoms. The molecule has 0 spiro atoms. The lowest BCUT2D eigenvalue weighted by atomic mass is 9.90. The molecule has 2 fully saturated rings. The quantitative estimate of drug-likeness (QED) is 0.749. The maximum absolute atomic E-state index is 12.6. The van der Waals surface area contributed by atoms with E-state index >= 15 is 0 Å².